The molecule has 0 spiro atoms. The minimum atomic E-state index is -0.269. The van der Waals surface area contributed by atoms with Gasteiger partial charge in [-0.2, -0.15) is 0 Å². The van der Waals surface area contributed by atoms with Gasteiger partial charge in [-0.25, -0.2) is 9.78 Å². The standard InChI is InChI=1S/C21H29N5O/c1-17(2)16-25-11-6-12-26(14-13-25)20-10-9-19(15-22-20)24-21(27)23-18-7-4-3-5-8-18/h3-5,7-10,15,17H,6,11-14,16H2,1-2H3,(H2,23,24,27). The Morgan fingerprint density at radius 2 is 1.78 bits per heavy atom. The summed E-state index contributed by atoms with van der Waals surface area (Å²) in [6.07, 6.45) is 2.87. The maximum absolute atomic E-state index is 12.1. The fourth-order valence-corrected chi connectivity index (χ4v) is 3.36. The van der Waals surface area contributed by atoms with E-state index < -0.39 is 0 Å². The molecule has 1 aromatic heterocycles. The molecular weight excluding hydrogens is 338 g/mol. The Morgan fingerprint density at radius 3 is 2.48 bits per heavy atom. The Bertz CT molecular complexity index is 717. The highest BCUT2D eigenvalue weighted by Gasteiger charge is 2.16. The molecule has 2 amide bonds. The summed E-state index contributed by atoms with van der Waals surface area (Å²) < 4.78 is 0. The SMILES string of the molecule is CC(C)CN1CCCN(c2ccc(NC(=O)Nc3ccccc3)cn2)CC1. The fraction of sp³-hybridized carbons (Fsp3) is 0.429. The van der Waals surface area contributed by atoms with Crippen LogP contribution in [0.2, 0.25) is 0 Å². The summed E-state index contributed by atoms with van der Waals surface area (Å²) in [4.78, 5) is 21.5. The van der Waals surface area contributed by atoms with Crippen molar-refractivity contribution in [3.8, 4) is 0 Å². The van der Waals surface area contributed by atoms with E-state index in [0.29, 0.717) is 11.6 Å². The number of aromatic nitrogens is 1. The van der Waals surface area contributed by atoms with Crippen molar-refractivity contribution in [2.45, 2.75) is 20.3 Å². The fourth-order valence-electron chi connectivity index (χ4n) is 3.36. The normalized spacial score (nSPS) is 15.4. The molecule has 27 heavy (non-hydrogen) atoms. The van der Waals surface area contributed by atoms with E-state index in [9.17, 15) is 4.79 Å². The summed E-state index contributed by atoms with van der Waals surface area (Å²) in [5.41, 5.74) is 1.44. The number of para-hydroxylation sites is 1. The van der Waals surface area contributed by atoms with Crippen molar-refractivity contribution >= 4 is 23.2 Å². The van der Waals surface area contributed by atoms with Gasteiger partial charge in [-0.1, -0.05) is 32.0 Å². The average molecular weight is 367 g/mol. The summed E-state index contributed by atoms with van der Waals surface area (Å²) in [7, 11) is 0. The molecule has 0 atom stereocenters. The quantitative estimate of drug-likeness (QED) is 0.842. The zero-order chi connectivity index (χ0) is 19.1. The first-order valence-corrected chi connectivity index (χ1v) is 9.66. The van der Waals surface area contributed by atoms with E-state index in [-0.39, 0.29) is 6.03 Å². The van der Waals surface area contributed by atoms with Gasteiger partial charge >= 0.3 is 6.03 Å². The molecule has 6 nitrogen and oxygen atoms in total. The maximum Gasteiger partial charge on any atom is 0.323 e. The molecule has 1 fully saturated rings. The van der Waals surface area contributed by atoms with E-state index >= 15 is 0 Å². The summed E-state index contributed by atoms with van der Waals surface area (Å²) in [5, 5.41) is 5.63. The van der Waals surface area contributed by atoms with Crippen LogP contribution >= 0.6 is 0 Å². The molecule has 1 saturated heterocycles. The molecule has 6 heteroatoms. The molecule has 1 aromatic carbocycles. The third-order valence-corrected chi connectivity index (χ3v) is 4.57. The third kappa shape index (κ3) is 5.96. The molecular formula is C21H29N5O. The van der Waals surface area contributed by atoms with E-state index in [1.165, 1.54) is 0 Å². The van der Waals surface area contributed by atoms with E-state index in [0.717, 1.165) is 50.6 Å². The number of anilines is 3. The zero-order valence-electron chi connectivity index (χ0n) is 16.2. The Kier molecular flexibility index (Phi) is 6.65. The number of nitrogens with zero attached hydrogens (tertiary/aromatic N) is 3. The van der Waals surface area contributed by atoms with Crippen molar-refractivity contribution in [2.75, 3.05) is 48.3 Å². The smallest absolute Gasteiger partial charge is 0.323 e. The Balaban J connectivity index is 1.53. The van der Waals surface area contributed by atoms with Gasteiger partial charge in [-0.15, -0.1) is 0 Å². The van der Waals surface area contributed by atoms with E-state index in [1.54, 1.807) is 6.20 Å². The van der Waals surface area contributed by atoms with Gasteiger partial charge in [0.2, 0.25) is 0 Å². The van der Waals surface area contributed by atoms with E-state index in [2.05, 4.69) is 39.3 Å². The van der Waals surface area contributed by atoms with Gasteiger partial charge in [0, 0.05) is 31.9 Å². The van der Waals surface area contributed by atoms with Crippen molar-refractivity contribution in [3.05, 3.63) is 48.7 Å². The van der Waals surface area contributed by atoms with Crippen LogP contribution in [-0.2, 0) is 0 Å². The molecule has 0 unspecified atom stereocenters. The van der Waals surface area contributed by atoms with E-state index in [1.807, 2.05) is 42.5 Å². The van der Waals surface area contributed by atoms with Crippen molar-refractivity contribution < 1.29 is 4.79 Å². The van der Waals surface area contributed by atoms with Crippen molar-refractivity contribution in [1.29, 1.82) is 0 Å². The van der Waals surface area contributed by atoms with Crippen LogP contribution in [0.3, 0.4) is 0 Å². The predicted molar refractivity (Wildman–Crippen MR) is 111 cm³/mol. The van der Waals surface area contributed by atoms with Crippen molar-refractivity contribution in [2.24, 2.45) is 5.92 Å². The first-order chi connectivity index (χ1) is 13.1. The second-order valence-electron chi connectivity index (χ2n) is 7.39. The third-order valence-electron chi connectivity index (χ3n) is 4.57. The summed E-state index contributed by atoms with van der Waals surface area (Å²) in [5.74, 6) is 1.66. The summed E-state index contributed by atoms with van der Waals surface area (Å²) in [6.45, 7) is 9.91. The largest absolute Gasteiger partial charge is 0.355 e. The highest BCUT2D eigenvalue weighted by Crippen LogP contribution is 2.17. The van der Waals surface area contributed by atoms with Gasteiger partial charge in [-0.05, 0) is 43.1 Å². The number of hydrogen-bond acceptors (Lipinski definition) is 4. The summed E-state index contributed by atoms with van der Waals surface area (Å²) >= 11 is 0. The molecule has 144 valence electrons. The lowest BCUT2D eigenvalue weighted by Crippen LogP contribution is -2.33. The number of nitrogens with one attached hydrogen (secondary N) is 2. The molecule has 2 heterocycles. The first-order valence-electron chi connectivity index (χ1n) is 9.66. The minimum absolute atomic E-state index is 0.269. The maximum atomic E-state index is 12.1. The number of amides is 2. The number of carbonyl (C=O) groups is 1. The second kappa shape index (κ2) is 9.37. The first kappa shape index (κ1) is 19.2. The van der Waals surface area contributed by atoms with Gasteiger partial charge in [0.25, 0.3) is 0 Å². The minimum Gasteiger partial charge on any atom is -0.355 e. The van der Waals surface area contributed by atoms with Gasteiger partial charge in [-0.3, -0.25) is 0 Å². The number of carbonyl (C=O) groups excluding carboxylic acids is 1. The zero-order valence-corrected chi connectivity index (χ0v) is 16.2. The number of pyridine rings is 1. The predicted octanol–water partition coefficient (Wildman–Crippen LogP) is 3.89. The number of benzene rings is 1. The molecule has 1 aliphatic heterocycles. The molecule has 0 aliphatic carbocycles. The molecule has 0 saturated carbocycles. The monoisotopic (exact) mass is 367 g/mol. The van der Waals surface area contributed by atoms with Crippen LogP contribution < -0.4 is 15.5 Å². The second-order valence-corrected chi connectivity index (χ2v) is 7.39. The lowest BCUT2D eigenvalue weighted by atomic mass is 10.2. The van der Waals surface area contributed by atoms with Crippen LogP contribution in [0.4, 0.5) is 22.0 Å². The van der Waals surface area contributed by atoms with Crippen LogP contribution in [0.15, 0.2) is 48.7 Å². The molecule has 2 aromatic rings. The Morgan fingerprint density at radius 1 is 1.00 bits per heavy atom. The number of urea groups is 1. The van der Waals surface area contributed by atoms with Gasteiger partial charge in [0.05, 0.1) is 11.9 Å². The van der Waals surface area contributed by atoms with Crippen molar-refractivity contribution in [3.63, 3.8) is 0 Å². The average Bonchev–Trinajstić information content (AvgIpc) is 2.88. The number of hydrogen-bond donors (Lipinski definition) is 2. The highest BCUT2D eigenvalue weighted by atomic mass is 16.2. The van der Waals surface area contributed by atoms with Gasteiger partial charge < -0.3 is 20.4 Å². The lowest BCUT2D eigenvalue weighted by Gasteiger charge is -2.23. The summed E-state index contributed by atoms with van der Waals surface area (Å²) in [6, 6.07) is 13.0. The van der Waals surface area contributed by atoms with Gasteiger partial charge in [0.15, 0.2) is 0 Å². The Labute approximate surface area is 161 Å². The van der Waals surface area contributed by atoms with Crippen LogP contribution in [0.5, 0.6) is 0 Å². The molecule has 2 N–H and O–H groups in total. The number of rotatable bonds is 5. The molecule has 0 radical (unpaired) electrons. The molecule has 0 bridgehead atoms. The van der Waals surface area contributed by atoms with E-state index in [4.69, 9.17) is 0 Å². The molecule has 3 rings (SSSR count). The van der Waals surface area contributed by atoms with Crippen molar-refractivity contribution in [1.82, 2.24) is 9.88 Å². The molecule has 1 aliphatic rings. The van der Waals surface area contributed by atoms with Gasteiger partial charge in [0.1, 0.15) is 5.82 Å². The lowest BCUT2D eigenvalue weighted by molar-refractivity contribution is 0.261. The highest BCUT2D eigenvalue weighted by molar-refractivity contribution is 5.99. The van der Waals surface area contributed by atoms with Crippen LogP contribution in [0, 0.1) is 5.92 Å². The topological polar surface area (TPSA) is 60.5 Å². The Hall–Kier alpha value is -2.60. The van der Waals surface area contributed by atoms with Crippen LogP contribution in [0.1, 0.15) is 20.3 Å². The van der Waals surface area contributed by atoms with Crippen LogP contribution in [-0.4, -0.2) is 48.6 Å². The van der Waals surface area contributed by atoms with Crippen LogP contribution in [0.25, 0.3) is 0 Å².